The van der Waals surface area contributed by atoms with E-state index in [1.54, 1.807) is 0 Å². The van der Waals surface area contributed by atoms with Crippen molar-refractivity contribution in [2.45, 2.75) is 6.18 Å². The lowest BCUT2D eigenvalue weighted by Crippen LogP contribution is -2.22. The summed E-state index contributed by atoms with van der Waals surface area (Å²) < 4.78 is 36.6. The second-order valence-corrected chi connectivity index (χ2v) is 2.49. The van der Waals surface area contributed by atoms with E-state index in [-0.39, 0.29) is 0 Å². The molecule has 0 spiro atoms. The molecule has 4 nitrogen and oxygen atoms in total. The summed E-state index contributed by atoms with van der Waals surface area (Å²) in [6.45, 7) is 0. The number of nitrogens with two attached hydrogens (primary N) is 1. The van der Waals surface area contributed by atoms with Gasteiger partial charge in [0.2, 0.25) is 11.5 Å². The van der Waals surface area contributed by atoms with Gasteiger partial charge in [0.25, 0.3) is 0 Å². The molecular weight excluding hydrogens is 201 g/mol. The summed E-state index contributed by atoms with van der Waals surface area (Å²) in [6.07, 6.45) is -4.29. The molecule has 0 aliphatic carbocycles. The van der Waals surface area contributed by atoms with Gasteiger partial charge >= 0.3 is 6.18 Å². The lowest BCUT2D eigenvalue weighted by Gasteiger charge is -2.08. The van der Waals surface area contributed by atoms with Crippen molar-refractivity contribution in [3.8, 4) is 0 Å². The molecule has 7 heteroatoms. The van der Waals surface area contributed by atoms with Gasteiger partial charge in [-0.15, -0.1) is 0 Å². The molecule has 0 radical (unpaired) electrons. The van der Waals surface area contributed by atoms with Crippen LogP contribution in [-0.2, 0) is 6.18 Å². The number of H-pyrrole nitrogens is 1. The average Bonchev–Trinajstić information content (AvgIpc) is 2.01. The van der Waals surface area contributed by atoms with Crippen molar-refractivity contribution in [2.24, 2.45) is 5.73 Å². The van der Waals surface area contributed by atoms with E-state index < -0.39 is 28.8 Å². The topological polar surface area (TPSA) is 76.0 Å². The Bertz CT molecular complexity index is 422. The molecule has 0 saturated heterocycles. The molecule has 3 N–H and O–H groups in total. The average molecular weight is 206 g/mol. The van der Waals surface area contributed by atoms with Crippen LogP contribution in [0.1, 0.15) is 15.9 Å². The first kappa shape index (κ1) is 10.3. The van der Waals surface area contributed by atoms with E-state index in [2.05, 4.69) is 5.73 Å². The smallest absolute Gasteiger partial charge is 0.366 e. The number of rotatable bonds is 1. The summed E-state index contributed by atoms with van der Waals surface area (Å²) in [5, 5.41) is 0. The lowest BCUT2D eigenvalue weighted by molar-refractivity contribution is -0.138. The van der Waals surface area contributed by atoms with Crippen LogP contribution in [0.4, 0.5) is 13.2 Å². The highest BCUT2D eigenvalue weighted by molar-refractivity contribution is 5.94. The van der Waals surface area contributed by atoms with Crippen LogP contribution in [0.3, 0.4) is 0 Å². The third kappa shape index (κ3) is 1.93. The van der Waals surface area contributed by atoms with Gasteiger partial charge in [-0.3, -0.25) is 9.59 Å². The summed E-state index contributed by atoms with van der Waals surface area (Å²) in [5.74, 6) is -1.29. The summed E-state index contributed by atoms with van der Waals surface area (Å²) in [7, 11) is 0. The van der Waals surface area contributed by atoms with E-state index in [4.69, 9.17) is 0 Å². The van der Waals surface area contributed by atoms with Crippen molar-refractivity contribution in [2.75, 3.05) is 0 Å². The number of aromatic amines is 1. The molecule has 1 aromatic rings. The predicted octanol–water partition coefficient (Wildman–Crippen LogP) is 0.493. The van der Waals surface area contributed by atoms with Gasteiger partial charge in [0, 0.05) is 12.3 Å². The molecule has 0 saturated carbocycles. The molecule has 0 fully saturated rings. The summed E-state index contributed by atoms with van der Waals surface area (Å²) in [4.78, 5) is 23.1. The number of halogens is 3. The molecule has 0 aliphatic rings. The van der Waals surface area contributed by atoms with Crippen LogP contribution in [0.15, 0.2) is 17.1 Å². The van der Waals surface area contributed by atoms with Gasteiger partial charge in [-0.25, -0.2) is 0 Å². The zero-order valence-corrected chi connectivity index (χ0v) is 6.68. The maximum absolute atomic E-state index is 12.2. The Hall–Kier alpha value is -1.79. The standard InChI is InChI=1S/C7H5F3N2O2/c8-7(9,10)4-2-12-5(13)1-3(4)6(11)14/h1-2H,(H2,11,14)(H,12,13). The lowest BCUT2D eigenvalue weighted by atomic mass is 10.1. The molecule has 1 aromatic heterocycles. The Morgan fingerprint density at radius 2 is 2.00 bits per heavy atom. The second kappa shape index (κ2) is 3.17. The van der Waals surface area contributed by atoms with E-state index in [0.29, 0.717) is 12.3 Å². The van der Waals surface area contributed by atoms with Gasteiger partial charge in [0.05, 0.1) is 11.1 Å². The van der Waals surface area contributed by atoms with E-state index in [9.17, 15) is 22.8 Å². The van der Waals surface area contributed by atoms with Gasteiger partial charge in [-0.1, -0.05) is 0 Å². The highest BCUT2D eigenvalue weighted by Crippen LogP contribution is 2.30. The Morgan fingerprint density at radius 3 is 2.43 bits per heavy atom. The van der Waals surface area contributed by atoms with E-state index in [0.717, 1.165) is 0 Å². The minimum absolute atomic E-state index is 0.419. The number of carbonyl (C=O) groups is 1. The van der Waals surface area contributed by atoms with Gasteiger partial charge in [-0.2, -0.15) is 13.2 Å². The van der Waals surface area contributed by atoms with Crippen molar-refractivity contribution in [3.63, 3.8) is 0 Å². The Labute approximate surface area is 75.5 Å². The fourth-order valence-electron chi connectivity index (χ4n) is 0.910. The number of hydrogen-bond donors (Lipinski definition) is 2. The molecule has 1 amide bonds. The zero-order valence-electron chi connectivity index (χ0n) is 6.68. The highest BCUT2D eigenvalue weighted by atomic mass is 19.4. The Morgan fingerprint density at radius 1 is 1.43 bits per heavy atom. The molecule has 0 aliphatic heterocycles. The number of nitrogens with one attached hydrogen (secondary N) is 1. The zero-order chi connectivity index (χ0) is 10.9. The first-order chi connectivity index (χ1) is 6.32. The largest absolute Gasteiger partial charge is 0.418 e. The number of primary amides is 1. The first-order valence-electron chi connectivity index (χ1n) is 3.42. The van der Waals surface area contributed by atoms with Crippen molar-refractivity contribution in [3.05, 3.63) is 33.7 Å². The molecule has 0 atom stereocenters. The maximum atomic E-state index is 12.2. The number of carbonyl (C=O) groups excluding carboxylic acids is 1. The van der Waals surface area contributed by atoms with Crippen molar-refractivity contribution < 1.29 is 18.0 Å². The number of aromatic nitrogens is 1. The molecule has 0 bridgehead atoms. The van der Waals surface area contributed by atoms with Gasteiger partial charge < -0.3 is 10.7 Å². The third-order valence-corrected chi connectivity index (χ3v) is 1.50. The molecular formula is C7H5F3N2O2. The fourth-order valence-corrected chi connectivity index (χ4v) is 0.910. The molecule has 1 heterocycles. The molecule has 14 heavy (non-hydrogen) atoms. The van der Waals surface area contributed by atoms with Crippen LogP contribution < -0.4 is 11.3 Å². The number of pyridine rings is 1. The van der Waals surface area contributed by atoms with E-state index in [1.807, 2.05) is 4.98 Å². The highest BCUT2D eigenvalue weighted by Gasteiger charge is 2.35. The third-order valence-electron chi connectivity index (χ3n) is 1.50. The van der Waals surface area contributed by atoms with Crippen molar-refractivity contribution in [1.82, 2.24) is 4.98 Å². The quantitative estimate of drug-likeness (QED) is 0.701. The Kier molecular flexibility index (Phi) is 2.33. The fraction of sp³-hybridized carbons (Fsp3) is 0.143. The summed E-state index contributed by atoms with van der Waals surface area (Å²) in [5.41, 5.74) is 1.80. The van der Waals surface area contributed by atoms with Crippen molar-refractivity contribution in [1.29, 1.82) is 0 Å². The minimum atomic E-state index is -4.71. The van der Waals surface area contributed by atoms with Crippen LogP contribution >= 0.6 is 0 Å². The molecule has 1 rings (SSSR count). The van der Waals surface area contributed by atoms with Crippen LogP contribution in [0.2, 0.25) is 0 Å². The number of alkyl halides is 3. The van der Waals surface area contributed by atoms with Crippen LogP contribution in [0.25, 0.3) is 0 Å². The summed E-state index contributed by atoms with van der Waals surface area (Å²) >= 11 is 0. The van der Waals surface area contributed by atoms with Gasteiger partial charge in [-0.05, 0) is 0 Å². The van der Waals surface area contributed by atoms with Crippen LogP contribution in [0.5, 0.6) is 0 Å². The maximum Gasteiger partial charge on any atom is 0.418 e. The Balaban J connectivity index is 3.44. The van der Waals surface area contributed by atoms with Crippen LogP contribution in [0, 0.1) is 0 Å². The van der Waals surface area contributed by atoms with Crippen LogP contribution in [-0.4, -0.2) is 10.9 Å². The van der Waals surface area contributed by atoms with Gasteiger partial charge in [0.1, 0.15) is 0 Å². The molecule has 76 valence electrons. The van der Waals surface area contributed by atoms with E-state index >= 15 is 0 Å². The van der Waals surface area contributed by atoms with E-state index in [1.165, 1.54) is 0 Å². The molecule has 0 aromatic carbocycles. The monoisotopic (exact) mass is 206 g/mol. The predicted molar refractivity (Wildman–Crippen MR) is 40.6 cm³/mol. The molecule has 0 unspecified atom stereocenters. The minimum Gasteiger partial charge on any atom is -0.366 e. The normalized spacial score (nSPS) is 11.4. The summed E-state index contributed by atoms with van der Waals surface area (Å²) in [6, 6.07) is 0.519. The second-order valence-electron chi connectivity index (χ2n) is 2.49. The van der Waals surface area contributed by atoms with Crippen molar-refractivity contribution >= 4 is 5.91 Å². The van der Waals surface area contributed by atoms with Gasteiger partial charge in [0.15, 0.2) is 0 Å². The number of amides is 1. The SMILES string of the molecule is NC(=O)c1cc(=O)[nH]cc1C(F)(F)F. The number of hydrogen-bond acceptors (Lipinski definition) is 2. The first-order valence-corrected chi connectivity index (χ1v) is 3.42.